The fourth-order valence-corrected chi connectivity index (χ4v) is 9.57. The first kappa shape index (κ1) is 23.3. The number of aromatic nitrogens is 1. The van der Waals surface area contributed by atoms with Crippen molar-refractivity contribution in [3.8, 4) is 0 Å². The maximum Gasteiger partial charge on any atom is -1.00 e. The van der Waals surface area contributed by atoms with Crippen LogP contribution in [0.15, 0.2) is 80.8 Å². The first-order valence-corrected chi connectivity index (χ1v) is 12.7. The summed E-state index contributed by atoms with van der Waals surface area (Å²) in [5, 5.41) is 1.32. The van der Waals surface area contributed by atoms with Crippen LogP contribution < -0.4 is 24.8 Å². The number of hydrogen-bond donors (Lipinski definition) is 0. The van der Waals surface area contributed by atoms with Crippen LogP contribution in [-0.4, -0.2) is 4.57 Å². The summed E-state index contributed by atoms with van der Waals surface area (Å²) in [4.78, 5) is 0. The van der Waals surface area contributed by atoms with E-state index >= 15 is 0 Å². The van der Waals surface area contributed by atoms with Gasteiger partial charge in [0.1, 0.15) is 0 Å². The Labute approximate surface area is 203 Å². The standard InChI is InChI=1S/C17H12N.C9H13.2ClH.Zr/c1-2-7-15-12-16(11-14(15)6-1)18-10-9-13-5-3-4-8-17(13)18;1-6-5-7(2)9(4)8(6)3;;;/h1-12H;6H,1-4H3;2*1H;/q;;;;+2/p-2. The van der Waals surface area contributed by atoms with Crippen LogP contribution in [0, 0.1) is 5.92 Å². The van der Waals surface area contributed by atoms with Gasteiger partial charge in [-0.25, -0.2) is 0 Å². The minimum absolute atomic E-state index is 0. The summed E-state index contributed by atoms with van der Waals surface area (Å²) < 4.78 is 4.80. The van der Waals surface area contributed by atoms with Gasteiger partial charge >= 0.3 is 180 Å². The van der Waals surface area contributed by atoms with Gasteiger partial charge in [-0.15, -0.1) is 0 Å². The van der Waals surface area contributed by atoms with Gasteiger partial charge in [0.15, 0.2) is 0 Å². The molecule has 1 nitrogen and oxygen atoms in total. The Morgan fingerprint density at radius 2 is 1.53 bits per heavy atom. The topological polar surface area (TPSA) is 4.93 Å². The van der Waals surface area contributed by atoms with E-state index < -0.39 is 23.2 Å². The van der Waals surface area contributed by atoms with Crippen molar-refractivity contribution in [3.63, 3.8) is 0 Å². The van der Waals surface area contributed by atoms with Crippen LogP contribution in [0.2, 0.25) is 0 Å². The quantitative estimate of drug-likeness (QED) is 0.494. The second-order valence-electron chi connectivity index (χ2n) is 8.09. The van der Waals surface area contributed by atoms with Gasteiger partial charge in [-0.3, -0.25) is 0 Å². The van der Waals surface area contributed by atoms with Crippen LogP contribution in [0.4, 0.5) is 0 Å². The van der Waals surface area contributed by atoms with Crippen LogP contribution >= 0.6 is 0 Å². The van der Waals surface area contributed by atoms with E-state index in [4.69, 9.17) is 0 Å². The summed E-state index contributed by atoms with van der Waals surface area (Å²) in [5.41, 5.74) is 10.4. The van der Waals surface area contributed by atoms with Crippen molar-refractivity contribution >= 4 is 22.7 Å². The van der Waals surface area contributed by atoms with E-state index in [1.165, 1.54) is 33.3 Å². The van der Waals surface area contributed by atoms with Crippen LogP contribution in [0.5, 0.6) is 0 Å². The molecule has 1 heterocycles. The summed E-state index contributed by atoms with van der Waals surface area (Å²) >= 11 is -0.845. The third-order valence-electron chi connectivity index (χ3n) is 6.72. The molecule has 0 fully saturated rings. The molecular formula is C26H25Cl2NZr. The zero-order chi connectivity index (χ0) is 19.4. The average Bonchev–Trinajstić information content (AvgIpc) is 3.35. The van der Waals surface area contributed by atoms with Gasteiger partial charge in [0.25, 0.3) is 0 Å². The van der Waals surface area contributed by atoms with Crippen molar-refractivity contribution in [2.45, 2.75) is 31.3 Å². The predicted octanol–water partition coefficient (Wildman–Crippen LogP) is 1.04. The van der Waals surface area contributed by atoms with E-state index in [0.717, 1.165) is 0 Å². The van der Waals surface area contributed by atoms with E-state index in [9.17, 15) is 0 Å². The second kappa shape index (κ2) is 9.03. The minimum Gasteiger partial charge on any atom is -1.00 e. The summed E-state index contributed by atoms with van der Waals surface area (Å²) in [5.74, 6) is 0.627. The van der Waals surface area contributed by atoms with E-state index in [-0.39, 0.29) is 24.8 Å². The molecule has 30 heavy (non-hydrogen) atoms. The average molecular weight is 514 g/mol. The van der Waals surface area contributed by atoms with Gasteiger partial charge in [0.2, 0.25) is 0 Å². The van der Waals surface area contributed by atoms with Crippen LogP contribution in [0.3, 0.4) is 0 Å². The molecule has 2 aromatic carbocycles. The van der Waals surface area contributed by atoms with E-state index in [0.29, 0.717) is 9.54 Å². The zero-order valence-corrected chi connectivity index (χ0v) is 21.7. The molecule has 0 spiro atoms. The van der Waals surface area contributed by atoms with Gasteiger partial charge in [-0.2, -0.15) is 0 Å². The number of rotatable bonds is 3. The van der Waals surface area contributed by atoms with Gasteiger partial charge in [0, 0.05) is 0 Å². The molecule has 152 valence electrons. The molecule has 0 saturated carbocycles. The zero-order valence-electron chi connectivity index (χ0n) is 17.7. The Kier molecular flexibility index (Phi) is 7.02. The number of para-hydroxylation sites is 1. The first-order valence-electron chi connectivity index (χ1n) is 10.1. The molecule has 2 unspecified atom stereocenters. The molecular weight excluding hydrogens is 488 g/mol. The van der Waals surface area contributed by atoms with E-state index in [1.54, 1.807) is 14.4 Å². The molecule has 4 heteroatoms. The van der Waals surface area contributed by atoms with E-state index in [1.807, 2.05) is 0 Å². The first-order chi connectivity index (χ1) is 13.6. The number of allylic oxidation sites excluding steroid dienone is 5. The van der Waals surface area contributed by atoms with Crippen molar-refractivity contribution in [3.05, 3.63) is 91.9 Å². The van der Waals surface area contributed by atoms with Gasteiger partial charge in [-0.1, -0.05) is 0 Å². The summed E-state index contributed by atoms with van der Waals surface area (Å²) in [6.07, 6.45) is 4.71. The van der Waals surface area contributed by atoms with Crippen molar-refractivity contribution < 1.29 is 48.0 Å². The fraction of sp³-hybridized carbons (Fsp3) is 0.231. The molecule has 0 bridgehead atoms. The monoisotopic (exact) mass is 511 g/mol. The van der Waals surface area contributed by atoms with E-state index in [2.05, 4.69) is 99.1 Å². The Bertz CT molecular complexity index is 1200. The molecule has 1 aromatic heterocycles. The normalized spacial score (nSPS) is 19.9. The predicted molar refractivity (Wildman–Crippen MR) is 116 cm³/mol. The van der Waals surface area contributed by atoms with Crippen molar-refractivity contribution in [1.29, 1.82) is 0 Å². The smallest absolute Gasteiger partial charge is 1.00 e. The SMILES string of the molecule is CC1=C(C)C(C)[C]([Zr+2][CH]2C(n3ccc4ccccc43)=Cc3ccccc32)=C1C.[Cl-].[Cl-]. The molecule has 2 atom stereocenters. The molecule has 3 aromatic rings. The van der Waals surface area contributed by atoms with Crippen molar-refractivity contribution in [2.24, 2.45) is 5.92 Å². The maximum absolute atomic E-state index is 2.45. The second-order valence-corrected chi connectivity index (χ2v) is 11.5. The molecule has 5 rings (SSSR count). The molecule has 0 radical (unpaired) electrons. The summed E-state index contributed by atoms with van der Waals surface area (Å²) in [6, 6.07) is 20.0. The summed E-state index contributed by atoms with van der Waals surface area (Å²) in [6.45, 7) is 9.41. The molecule has 2 aliphatic carbocycles. The Hall–Kier alpha value is -1.34. The molecule has 0 aliphatic heterocycles. The third kappa shape index (κ3) is 3.62. The number of benzene rings is 2. The Balaban J connectivity index is 0.00000128. The van der Waals surface area contributed by atoms with Gasteiger partial charge in [-0.05, 0) is 0 Å². The summed E-state index contributed by atoms with van der Waals surface area (Å²) in [7, 11) is 0. The van der Waals surface area contributed by atoms with Crippen LogP contribution in [0.1, 0.15) is 42.4 Å². The molecule has 0 amide bonds. The maximum atomic E-state index is 2.45. The number of halogens is 2. The minimum atomic E-state index is -0.845. The van der Waals surface area contributed by atoms with Gasteiger partial charge in [0.05, 0.1) is 0 Å². The largest absolute Gasteiger partial charge is 1.00 e. The number of hydrogen-bond acceptors (Lipinski definition) is 0. The third-order valence-corrected chi connectivity index (χ3v) is 11.7. The number of fused-ring (bicyclic) bond motifs is 2. The number of nitrogens with zero attached hydrogens (tertiary/aromatic N) is 1. The van der Waals surface area contributed by atoms with Gasteiger partial charge < -0.3 is 24.8 Å². The van der Waals surface area contributed by atoms with Crippen LogP contribution in [0.25, 0.3) is 22.7 Å². The molecule has 2 aliphatic rings. The van der Waals surface area contributed by atoms with Crippen molar-refractivity contribution in [1.82, 2.24) is 4.57 Å². The van der Waals surface area contributed by atoms with Crippen LogP contribution in [-0.2, 0) is 23.2 Å². The fourth-order valence-electron chi connectivity index (χ4n) is 4.73. The Morgan fingerprint density at radius 1 is 0.833 bits per heavy atom. The Morgan fingerprint density at radius 3 is 2.27 bits per heavy atom. The molecule has 0 N–H and O–H groups in total. The molecule has 0 saturated heterocycles. The van der Waals surface area contributed by atoms with Crippen molar-refractivity contribution in [2.75, 3.05) is 0 Å².